The lowest BCUT2D eigenvalue weighted by atomic mass is 10.1. The van der Waals surface area contributed by atoms with Crippen molar-refractivity contribution in [1.29, 1.82) is 0 Å². The van der Waals surface area contributed by atoms with E-state index in [1.807, 2.05) is 6.07 Å². The van der Waals surface area contributed by atoms with Crippen molar-refractivity contribution in [1.82, 2.24) is 5.32 Å². The Labute approximate surface area is 134 Å². The van der Waals surface area contributed by atoms with Gasteiger partial charge in [-0.05, 0) is 61.6 Å². The van der Waals surface area contributed by atoms with Gasteiger partial charge in [0, 0.05) is 15.8 Å². The normalized spacial score (nSPS) is 16.1. The first-order valence-electron chi connectivity index (χ1n) is 7.47. The highest BCUT2D eigenvalue weighted by molar-refractivity contribution is 7.15. The summed E-state index contributed by atoms with van der Waals surface area (Å²) in [6.45, 7) is 3.23. The van der Waals surface area contributed by atoms with Gasteiger partial charge < -0.3 is 5.32 Å². The fraction of sp³-hybridized carbons (Fsp3) is 0.412. The first-order chi connectivity index (χ1) is 10.2. The van der Waals surface area contributed by atoms with E-state index in [9.17, 15) is 4.39 Å². The lowest BCUT2D eigenvalue weighted by Gasteiger charge is -2.16. The van der Waals surface area contributed by atoms with Crippen LogP contribution in [-0.4, -0.2) is 6.54 Å². The number of benzene rings is 1. The highest BCUT2D eigenvalue weighted by Gasteiger charge is 2.32. The summed E-state index contributed by atoms with van der Waals surface area (Å²) < 4.78 is 13.6. The fourth-order valence-electron chi connectivity index (χ4n) is 2.55. The van der Waals surface area contributed by atoms with Crippen LogP contribution >= 0.6 is 22.9 Å². The molecule has 3 rings (SSSR count). The topological polar surface area (TPSA) is 12.0 Å². The van der Waals surface area contributed by atoms with E-state index < -0.39 is 0 Å². The van der Waals surface area contributed by atoms with Crippen molar-refractivity contribution in [3.63, 3.8) is 0 Å². The van der Waals surface area contributed by atoms with E-state index in [0.717, 1.165) is 29.3 Å². The maximum absolute atomic E-state index is 13.6. The smallest absolute Gasteiger partial charge is 0.142 e. The summed E-state index contributed by atoms with van der Waals surface area (Å²) in [5, 5.41) is 3.83. The summed E-state index contributed by atoms with van der Waals surface area (Å²) in [5.74, 6) is 0.414. The number of hydrogen-bond acceptors (Lipinski definition) is 2. The monoisotopic (exact) mass is 323 g/mol. The second-order valence-electron chi connectivity index (χ2n) is 5.60. The number of rotatable bonds is 6. The fourth-order valence-corrected chi connectivity index (χ4v) is 3.84. The van der Waals surface area contributed by atoms with E-state index in [4.69, 9.17) is 11.6 Å². The molecule has 1 fully saturated rings. The molecule has 0 saturated heterocycles. The van der Waals surface area contributed by atoms with Crippen molar-refractivity contribution in [2.45, 2.75) is 32.2 Å². The molecule has 1 saturated carbocycles. The Bertz CT molecular complexity index is 621. The van der Waals surface area contributed by atoms with Crippen molar-refractivity contribution < 1.29 is 4.39 Å². The van der Waals surface area contributed by atoms with Gasteiger partial charge in [-0.3, -0.25) is 0 Å². The van der Waals surface area contributed by atoms with Crippen LogP contribution in [0.25, 0.3) is 10.4 Å². The number of halogens is 2. The molecular formula is C17H19ClFNS. The molecular weight excluding hydrogens is 305 g/mol. The van der Waals surface area contributed by atoms with Crippen molar-refractivity contribution >= 4 is 22.9 Å². The molecule has 1 aliphatic rings. The van der Waals surface area contributed by atoms with Crippen molar-refractivity contribution in [3.05, 3.63) is 46.0 Å². The van der Waals surface area contributed by atoms with Crippen molar-refractivity contribution in [2.24, 2.45) is 5.92 Å². The lowest BCUT2D eigenvalue weighted by molar-refractivity contribution is 0.488. The Balaban J connectivity index is 1.82. The van der Waals surface area contributed by atoms with E-state index in [1.54, 1.807) is 17.4 Å². The van der Waals surface area contributed by atoms with Gasteiger partial charge in [0.15, 0.2) is 0 Å². The van der Waals surface area contributed by atoms with Crippen LogP contribution in [-0.2, 0) is 0 Å². The van der Waals surface area contributed by atoms with E-state index in [-0.39, 0.29) is 10.8 Å². The number of hydrogen-bond donors (Lipinski definition) is 1. The van der Waals surface area contributed by atoms with Crippen molar-refractivity contribution in [2.75, 3.05) is 6.54 Å². The van der Waals surface area contributed by atoms with Crippen LogP contribution in [0.5, 0.6) is 0 Å². The maximum atomic E-state index is 13.6. The molecule has 1 aromatic heterocycles. The van der Waals surface area contributed by atoms with Gasteiger partial charge in [0.1, 0.15) is 5.82 Å². The molecule has 4 heteroatoms. The van der Waals surface area contributed by atoms with Crippen LogP contribution in [0.1, 0.15) is 37.1 Å². The maximum Gasteiger partial charge on any atom is 0.142 e. The molecule has 2 aromatic rings. The molecule has 0 bridgehead atoms. The number of nitrogens with one attached hydrogen (secondary N) is 1. The zero-order valence-corrected chi connectivity index (χ0v) is 13.6. The first-order valence-corrected chi connectivity index (χ1v) is 8.67. The van der Waals surface area contributed by atoms with Crippen LogP contribution in [0.15, 0.2) is 30.3 Å². The molecule has 1 aliphatic carbocycles. The summed E-state index contributed by atoms with van der Waals surface area (Å²) in [6, 6.07) is 9.75. The highest BCUT2D eigenvalue weighted by atomic mass is 35.5. The minimum absolute atomic E-state index is 0.177. The first kappa shape index (κ1) is 15.0. The van der Waals surface area contributed by atoms with Crippen LogP contribution in [0.2, 0.25) is 5.02 Å². The molecule has 21 heavy (non-hydrogen) atoms. The van der Waals surface area contributed by atoms with Gasteiger partial charge in [-0.25, -0.2) is 4.39 Å². The molecule has 0 aliphatic heterocycles. The molecule has 1 nitrogen and oxygen atoms in total. The quantitative estimate of drug-likeness (QED) is 0.723. The highest BCUT2D eigenvalue weighted by Crippen LogP contribution is 2.44. The zero-order valence-electron chi connectivity index (χ0n) is 12.0. The summed E-state index contributed by atoms with van der Waals surface area (Å²) >= 11 is 7.50. The summed E-state index contributed by atoms with van der Waals surface area (Å²) in [7, 11) is 0. The Morgan fingerprint density at radius 1 is 1.33 bits per heavy atom. The van der Waals surface area contributed by atoms with Crippen LogP contribution in [0, 0.1) is 11.7 Å². The largest absolute Gasteiger partial charge is 0.309 e. The van der Waals surface area contributed by atoms with Gasteiger partial charge in [0.2, 0.25) is 0 Å². The summed E-state index contributed by atoms with van der Waals surface area (Å²) in [6.07, 6.45) is 3.76. The van der Waals surface area contributed by atoms with Gasteiger partial charge in [-0.1, -0.05) is 24.6 Å². The van der Waals surface area contributed by atoms with Gasteiger partial charge in [-0.2, -0.15) is 0 Å². The average Bonchev–Trinajstić information content (AvgIpc) is 3.20. The zero-order chi connectivity index (χ0) is 14.8. The van der Waals surface area contributed by atoms with Crippen LogP contribution in [0.3, 0.4) is 0 Å². The minimum Gasteiger partial charge on any atom is -0.309 e. The Morgan fingerprint density at radius 3 is 2.81 bits per heavy atom. The Morgan fingerprint density at radius 2 is 2.14 bits per heavy atom. The second kappa shape index (κ2) is 6.47. The predicted octanol–water partition coefficient (Wildman–Crippen LogP) is 5.66. The molecule has 1 atom stereocenters. The molecule has 1 N–H and O–H groups in total. The Kier molecular flexibility index (Phi) is 4.63. The predicted molar refractivity (Wildman–Crippen MR) is 88.5 cm³/mol. The van der Waals surface area contributed by atoms with E-state index in [0.29, 0.717) is 6.04 Å². The molecule has 0 radical (unpaired) electrons. The van der Waals surface area contributed by atoms with Gasteiger partial charge >= 0.3 is 0 Å². The molecule has 1 heterocycles. The van der Waals surface area contributed by atoms with E-state index in [2.05, 4.69) is 24.4 Å². The lowest BCUT2D eigenvalue weighted by Crippen LogP contribution is -2.22. The minimum atomic E-state index is -0.355. The van der Waals surface area contributed by atoms with Crippen molar-refractivity contribution in [3.8, 4) is 10.4 Å². The van der Waals surface area contributed by atoms with E-state index in [1.165, 1.54) is 23.8 Å². The third-order valence-corrected chi connectivity index (χ3v) is 5.37. The average molecular weight is 324 g/mol. The third-order valence-electron chi connectivity index (χ3n) is 3.85. The Hall–Kier alpha value is -0.900. The van der Waals surface area contributed by atoms with Gasteiger partial charge in [-0.15, -0.1) is 11.3 Å². The molecule has 0 spiro atoms. The number of thiophene rings is 1. The summed E-state index contributed by atoms with van der Waals surface area (Å²) in [4.78, 5) is 2.46. The van der Waals surface area contributed by atoms with Gasteiger partial charge in [0.25, 0.3) is 0 Å². The molecule has 1 aromatic carbocycles. The van der Waals surface area contributed by atoms with Crippen LogP contribution < -0.4 is 5.32 Å². The molecule has 0 amide bonds. The summed E-state index contributed by atoms with van der Waals surface area (Å²) in [5.41, 5.74) is 0.901. The van der Waals surface area contributed by atoms with E-state index >= 15 is 0 Å². The molecule has 112 valence electrons. The second-order valence-corrected chi connectivity index (χ2v) is 7.12. The standard InChI is InChI=1S/C17H19ClFNS/c1-2-9-20-17(11-3-4-11)16-8-7-15(21-16)12-5-6-13(18)14(19)10-12/h5-8,10-11,17,20H,2-4,9H2,1H3. The SMILES string of the molecule is CCCNC(c1ccc(-c2ccc(Cl)c(F)c2)s1)C1CC1. The van der Waals surface area contributed by atoms with Crippen LogP contribution in [0.4, 0.5) is 4.39 Å². The molecule has 1 unspecified atom stereocenters. The third kappa shape index (κ3) is 3.47. The van der Waals surface area contributed by atoms with Gasteiger partial charge in [0.05, 0.1) is 5.02 Å².